The van der Waals surface area contributed by atoms with Gasteiger partial charge in [0.25, 0.3) is 0 Å². The van der Waals surface area contributed by atoms with E-state index < -0.39 is 17.5 Å². The number of nitrogens with one attached hydrogen (secondary N) is 1. The predicted molar refractivity (Wildman–Crippen MR) is 75.2 cm³/mol. The van der Waals surface area contributed by atoms with E-state index in [0.29, 0.717) is 31.0 Å². The molecular formula is C14H21FN2O3. The minimum absolute atomic E-state index is 0.308. The molecule has 1 rings (SSSR count). The fraction of sp³-hybridized carbons (Fsp3) is 0.500. The van der Waals surface area contributed by atoms with Crippen molar-refractivity contribution in [2.75, 3.05) is 18.9 Å². The van der Waals surface area contributed by atoms with E-state index in [1.807, 2.05) is 0 Å². The van der Waals surface area contributed by atoms with Crippen molar-refractivity contribution in [1.29, 1.82) is 0 Å². The maximum Gasteiger partial charge on any atom is 0.407 e. The predicted octanol–water partition coefficient (Wildman–Crippen LogP) is 2.70. The standard InChI is InChI=1S/C14H21FN2O3/c1-14(2,3)20-13(18)17-7-4-8-19-12-9-10(15)5-6-11(12)16/h5-6,9H,4,7-8,16H2,1-3H3,(H,17,18). The zero-order valence-electron chi connectivity index (χ0n) is 12.0. The van der Waals surface area contributed by atoms with Gasteiger partial charge in [0.2, 0.25) is 0 Å². The lowest BCUT2D eigenvalue weighted by Gasteiger charge is -2.19. The van der Waals surface area contributed by atoms with Gasteiger partial charge >= 0.3 is 6.09 Å². The fourth-order valence-corrected chi connectivity index (χ4v) is 1.39. The monoisotopic (exact) mass is 284 g/mol. The first kappa shape index (κ1) is 16.1. The van der Waals surface area contributed by atoms with Gasteiger partial charge in [-0.1, -0.05) is 0 Å². The summed E-state index contributed by atoms with van der Waals surface area (Å²) in [5.41, 5.74) is 5.50. The van der Waals surface area contributed by atoms with Gasteiger partial charge < -0.3 is 20.5 Å². The van der Waals surface area contributed by atoms with E-state index in [0.717, 1.165) is 0 Å². The molecule has 0 fully saturated rings. The Morgan fingerprint density at radius 3 is 2.75 bits per heavy atom. The summed E-state index contributed by atoms with van der Waals surface area (Å²) >= 11 is 0. The lowest BCUT2D eigenvalue weighted by Crippen LogP contribution is -2.33. The van der Waals surface area contributed by atoms with Crippen LogP contribution in [0.4, 0.5) is 14.9 Å². The number of nitrogens with two attached hydrogens (primary N) is 1. The van der Waals surface area contributed by atoms with Crippen LogP contribution in [-0.4, -0.2) is 24.8 Å². The molecule has 0 unspecified atom stereocenters. The molecule has 0 aliphatic carbocycles. The molecule has 0 aliphatic rings. The molecule has 0 bridgehead atoms. The number of alkyl carbamates (subject to hydrolysis) is 1. The zero-order valence-corrected chi connectivity index (χ0v) is 12.0. The van der Waals surface area contributed by atoms with Gasteiger partial charge in [-0.2, -0.15) is 0 Å². The molecule has 0 spiro atoms. The normalized spacial score (nSPS) is 11.0. The van der Waals surface area contributed by atoms with Crippen LogP contribution in [0, 0.1) is 5.82 Å². The van der Waals surface area contributed by atoms with Crippen molar-refractivity contribution in [2.45, 2.75) is 32.8 Å². The highest BCUT2D eigenvalue weighted by Crippen LogP contribution is 2.21. The Balaban J connectivity index is 2.22. The number of amides is 1. The number of ether oxygens (including phenoxy) is 2. The number of anilines is 1. The minimum atomic E-state index is -0.517. The van der Waals surface area contributed by atoms with Gasteiger partial charge in [-0.3, -0.25) is 0 Å². The number of benzene rings is 1. The minimum Gasteiger partial charge on any atom is -0.491 e. The smallest absolute Gasteiger partial charge is 0.407 e. The van der Waals surface area contributed by atoms with E-state index >= 15 is 0 Å². The molecule has 0 atom stereocenters. The summed E-state index contributed by atoms with van der Waals surface area (Å²) in [6, 6.07) is 3.95. The third kappa shape index (κ3) is 6.26. The summed E-state index contributed by atoms with van der Waals surface area (Å²) in [6.45, 7) is 6.11. The molecule has 0 saturated carbocycles. The lowest BCUT2D eigenvalue weighted by molar-refractivity contribution is 0.0525. The van der Waals surface area contributed by atoms with Crippen LogP contribution in [0.3, 0.4) is 0 Å². The van der Waals surface area contributed by atoms with E-state index in [-0.39, 0.29) is 0 Å². The molecule has 20 heavy (non-hydrogen) atoms. The van der Waals surface area contributed by atoms with Gasteiger partial charge in [-0.15, -0.1) is 0 Å². The number of carbonyl (C=O) groups excluding carboxylic acids is 1. The van der Waals surface area contributed by atoms with E-state index in [1.165, 1.54) is 18.2 Å². The van der Waals surface area contributed by atoms with Crippen LogP contribution in [0.5, 0.6) is 5.75 Å². The first-order valence-corrected chi connectivity index (χ1v) is 6.42. The Bertz CT molecular complexity index is 458. The quantitative estimate of drug-likeness (QED) is 0.644. The zero-order chi connectivity index (χ0) is 15.2. The second kappa shape index (κ2) is 6.98. The van der Waals surface area contributed by atoms with E-state index in [4.69, 9.17) is 15.2 Å². The van der Waals surface area contributed by atoms with Crippen molar-refractivity contribution >= 4 is 11.8 Å². The van der Waals surface area contributed by atoms with Gasteiger partial charge in [0, 0.05) is 12.6 Å². The lowest BCUT2D eigenvalue weighted by atomic mass is 10.2. The molecule has 1 aromatic rings. The van der Waals surface area contributed by atoms with Crippen molar-refractivity contribution in [2.24, 2.45) is 0 Å². The molecule has 3 N–H and O–H groups in total. The molecule has 0 aliphatic heterocycles. The van der Waals surface area contributed by atoms with Gasteiger partial charge in [0.1, 0.15) is 17.2 Å². The third-order valence-electron chi connectivity index (χ3n) is 2.22. The number of halogens is 1. The number of hydrogen-bond acceptors (Lipinski definition) is 4. The Morgan fingerprint density at radius 1 is 1.40 bits per heavy atom. The van der Waals surface area contributed by atoms with E-state index in [1.54, 1.807) is 20.8 Å². The second-order valence-electron chi connectivity index (χ2n) is 5.31. The van der Waals surface area contributed by atoms with Gasteiger partial charge in [0.15, 0.2) is 0 Å². The summed E-state index contributed by atoms with van der Waals surface area (Å²) < 4.78 is 23.4. The van der Waals surface area contributed by atoms with Crippen LogP contribution in [-0.2, 0) is 4.74 Å². The number of nitrogen functional groups attached to an aromatic ring is 1. The molecule has 1 aromatic carbocycles. The Kier molecular flexibility index (Phi) is 5.61. The largest absolute Gasteiger partial charge is 0.491 e. The van der Waals surface area contributed by atoms with Gasteiger partial charge in [-0.25, -0.2) is 9.18 Å². The molecule has 6 heteroatoms. The molecule has 0 radical (unpaired) electrons. The summed E-state index contributed by atoms with van der Waals surface area (Å²) in [4.78, 5) is 11.3. The van der Waals surface area contributed by atoms with Crippen molar-refractivity contribution in [1.82, 2.24) is 5.32 Å². The Hall–Kier alpha value is -1.98. The van der Waals surface area contributed by atoms with Crippen LogP contribution in [0.15, 0.2) is 18.2 Å². The highest BCUT2D eigenvalue weighted by Gasteiger charge is 2.15. The summed E-state index contributed by atoms with van der Waals surface area (Å²) in [7, 11) is 0. The summed E-state index contributed by atoms with van der Waals surface area (Å²) in [6.07, 6.45) is 0.0950. The Labute approximate surface area is 118 Å². The van der Waals surface area contributed by atoms with Crippen molar-refractivity contribution < 1.29 is 18.7 Å². The van der Waals surface area contributed by atoms with Crippen LogP contribution in [0.2, 0.25) is 0 Å². The molecule has 1 amide bonds. The summed E-state index contributed by atoms with van der Waals surface area (Å²) in [5, 5.41) is 2.60. The molecule has 0 saturated heterocycles. The number of rotatable bonds is 5. The van der Waals surface area contributed by atoms with Crippen molar-refractivity contribution in [3.05, 3.63) is 24.0 Å². The van der Waals surface area contributed by atoms with Crippen LogP contribution < -0.4 is 15.8 Å². The van der Waals surface area contributed by atoms with Crippen LogP contribution in [0.25, 0.3) is 0 Å². The maximum atomic E-state index is 13.0. The summed E-state index contributed by atoms with van der Waals surface area (Å²) in [5.74, 6) is -0.0941. The average Bonchev–Trinajstić information content (AvgIpc) is 2.30. The van der Waals surface area contributed by atoms with Crippen molar-refractivity contribution in [3.63, 3.8) is 0 Å². The number of hydrogen-bond donors (Lipinski definition) is 2. The Morgan fingerprint density at radius 2 is 2.10 bits per heavy atom. The van der Waals surface area contributed by atoms with Gasteiger partial charge in [0.05, 0.1) is 12.3 Å². The molecule has 112 valence electrons. The van der Waals surface area contributed by atoms with Crippen LogP contribution in [0.1, 0.15) is 27.2 Å². The molecule has 0 aromatic heterocycles. The first-order valence-electron chi connectivity index (χ1n) is 6.42. The maximum absolute atomic E-state index is 13.0. The highest BCUT2D eigenvalue weighted by molar-refractivity contribution is 5.67. The molecule has 5 nitrogen and oxygen atoms in total. The van der Waals surface area contributed by atoms with Crippen molar-refractivity contribution in [3.8, 4) is 5.75 Å². The first-order chi connectivity index (χ1) is 9.28. The highest BCUT2D eigenvalue weighted by atomic mass is 19.1. The topological polar surface area (TPSA) is 73.6 Å². The number of carbonyl (C=O) groups is 1. The molecular weight excluding hydrogens is 263 g/mol. The average molecular weight is 284 g/mol. The van der Waals surface area contributed by atoms with E-state index in [9.17, 15) is 9.18 Å². The van der Waals surface area contributed by atoms with E-state index in [2.05, 4.69) is 5.32 Å². The van der Waals surface area contributed by atoms with Crippen LogP contribution >= 0.6 is 0 Å². The van der Waals surface area contributed by atoms with Gasteiger partial charge in [-0.05, 0) is 39.3 Å². The molecule has 0 heterocycles. The second-order valence-corrected chi connectivity index (χ2v) is 5.31. The third-order valence-corrected chi connectivity index (χ3v) is 2.22. The SMILES string of the molecule is CC(C)(C)OC(=O)NCCCOc1cc(F)ccc1N. The fourth-order valence-electron chi connectivity index (χ4n) is 1.39.